The smallest absolute Gasteiger partial charge is 0.264 e. The summed E-state index contributed by atoms with van der Waals surface area (Å²) >= 11 is 5.18. The predicted octanol–water partition coefficient (Wildman–Crippen LogP) is 2.75. The molecule has 1 heterocycles. The molecule has 0 saturated heterocycles. The Hall–Kier alpha value is -2.25. The van der Waals surface area contributed by atoms with Crippen LogP contribution in [-0.2, 0) is 0 Å². The van der Waals surface area contributed by atoms with Gasteiger partial charge in [0.25, 0.3) is 5.56 Å². The average Bonchev–Trinajstić information content (AvgIpc) is 2.61. The van der Waals surface area contributed by atoms with Crippen molar-refractivity contribution in [3.8, 4) is 11.6 Å². The van der Waals surface area contributed by atoms with Crippen molar-refractivity contribution in [1.29, 1.82) is 0 Å². The van der Waals surface area contributed by atoms with E-state index in [0.717, 1.165) is 26.1 Å². The number of benzene rings is 1. The Morgan fingerprint density at radius 3 is 2.60 bits per heavy atom. The SMILES string of the molecule is CCN(CC)CCCN=Cc1c(O)n(-c2ccccc2)c(=S)[nH]c1=O. The summed E-state index contributed by atoms with van der Waals surface area (Å²) in [5.41, 5.74) is 0.347. The van der Waals surface area contributed by atoms with Gasteiger partial charge in [-0.2, -0.15) is 0 Å². The Bertz CT molecular complexity index is 823. The van der Waals surface area contributed by atoms with Crippen molar-refractivity contribution in [3.63, 3.8) is 0 Å². The molecule has 1 aromatic carbocycles. The molecule has 1 aromatic heterocycles. The molecule has 0 aliphatic carbocycles. The minimum absolute atomic E-state index is 0.111. The van der Waals surface area contributed by atoms with Gasteiger partial charge >= 0.3 is 0 Å². The van der Waals surface area contributed by atoms with Crippen LogP contribution in [0.2, 0.25) is 0 Å². The molecule has 25 heavy (non-hydrogen) atoms. The summed E-state index contributed by atoms with van der Waals surface area (Å²) < 4.78 is 1.57. The van der Waals surface area contributed by atoms with Crippen LogP contribution in [-0.4, -0.2) is 52.0 Å². The van der Waals surface area contributed by atoms with Gasteiger partial charge in [0.1, 0.15) is 5.56 Å². The van der Waals surface area contributed by atoms with Gasteiger partial charge < -0.3 is 10.0 Å². The van der Waals surface area contributed by atoms with Gasteiger partial charge in [-0.25, -0.2) is 0 Å². The van der Waals surface area contributed by atoms with Crippen molar-refractivity contribution in [2.24, 2.45) is 4.99 Å². The number of nitrogens with one attached hydrogen (secondary N) is 1. The van der Waals surface area contributed by atoms with Crippen LogP contribution in [0.3, 0.4) is 0 Å². The van der Waals surface area contributed by atoms with Crippen LogP contribution in [0.5, 0.6) is 5.88 Å². The third-order valence-electron chi connectivity index (χ3n) is 4.01. The first-order chi connectivity index (χ1) is 12.1. The molecule has 0 bridgehead atoms. The maximum Gasteiger partial charge on any atom is 0.264 e. The first-order valence-electron chi connectivity index (χ1n) is 8.44. The largest absolute Gasteiger partial charge is 0.494 e. The van der Waals surface area contributed by atoms with E-state index in [-0.39, 0.29) is 16.2 Å². The van der Waals surface area contributed by atoms with Crippen LogP contribution in [0, 0.1) is 4.77 Å². The topological polar surface area (TPSA) is 73.6 Å². The van der Waals surface area contributed by atoms with Gasteiger partial charge in [0, 0.05) is 12.8 Å². The second-order valence-electron chi connectivity index (χ2n) is 5.58. The van der Waals surface area contributed by atoms with Gasteiger partial charge in [0.2, 0.25) is 5.88 Å². The number of para-hydroxylation sites is 1. The number of hydrogen-bond acceptors (Lipinski definition) is 5. The molecular formula is C18H24N4O2S. The molecule has 2 rings (SSSR count). The monoisotopic (exact) mass is 360 g/mol. The van der Waals surface area contributed by atoms with Gasteiger partial charge in [0.15, 0.2) is 4.77 Å². The molecule has 6 nitrogen and oxygen atoms in total. The highest BCUT2D eigenvalue weighted by atomic mass is 32.1. The average molecular weight is 360 g/mol. The molecule has 2 aromatic rings. The quantitative estimate of drug-likeness (QED) is 0.431. The third kappa shape index (κ3) is 4.87. The third-order valence-corrected chi connectivity index (χ3v) is 4.30. The molecule has 2 N–H and O–H groups in total. The molecule has 0 atom stereocenters. The summed E-state index contributed by atoms with van der Waals surface area (Å²) in [5.74, 6) is -0.201. The summed E-state index contributed by atoms with van der Waals surface area (Å²) in [6.45, 7) is 7.83. The van der Waals surface area contributed by atoms with E-state index in [1.165, 1.54) is 10.8 Å². The van der Waals surface area contributed by atoms with E-state index in [2.05, 4.69) is 28.7 Å². The van der Waals surface area contributed by atoms with E-state index in [0.29, 0.717) is 12.2 Å². The Labute approximate surface area is 152 Å². The number of aromatic hydroxyl groups is 1. The van der Waals surface area contributed by atoms with E-state index in [9.17, 15) is 9.90 Å². The molecule has 134 valence electrons. The van der Waals surface area contributed by atoms with Crippen LogP contribution < -0.4 is 5.56 Å². The first kappa shape index (κ1) is 19.1. The second-order valence-corrected chi connectivity index (χ2v) is 5.97. The van der Waals surface area contributed by atoms with E-state index in [1.54, 1.807) is 12.1 Å². The maximum atomic E-state index is 12.1. The minimum Gasteiger partial charge on any atom is -0.494 e. The van der Waals surface area contributed by atoms with Crippen LogP contribution in [0.25, 0.3) is 5.69 Å². The van der Waals surface area contributed by atoms with E-state index in [1.807, 2.05) is 18.2 Å². The van der Waals surface area contributed by atoms with Crippen LogP contribution in [0.1, 0.15) is 25.8 Å². The summed E-state index contributed by atoms with van der Waals surface area (Å²) in [5, 5.41) is 10.5. The van der Waals surface area contributed by atoms with Crippen molar-refractivity contribution in [3.05, 3.63) is 51.0 Å². The van der Waals surface area contributed by atoms with E-state index >= 15 is 0 Å². The first-order valence-corrected chi connectivity index (χ1v) is 8.85. The van der Waals surface area contributed by atoms with Crippen LogP contribution in [0.15, 0.2) is 40.1 Å². The lowest BCUT2D eigenvalue weighted by Crippen LogP contribution is -2.24. The Balaban J connectivity index is 2.20. The fourth-order valence-electron chi connectivity index (χ4n) is 2.55. The molecule has 0 fully saturated rings. The van der Waals surface area contributed by atoms with E-state index in [4.69, 9.17) is 12.2 Å². The van der Waals surface area contributed by atoms with Crippen molar-refractivity contribution in [2.45, 2.75) is 20.3 Å². The van der Waals surface area contributed by atoms with Crippen molar-refractivity contribution in [2.75, 3.05) is 26.2 Å². The number of hydrogen-bond donors (Lipinski definition) is 2. The van der Waals surface area contributed by atoms with Crippen molar-refractivity contribution < 1.29 is 5.11 Å². The van der Waals surface area contributed by atoms with Crippen molar-refractivity contribution in [1.82, 2.24) is 14.5 Å². The van der Waals surface area contributed by atoms with Gasteiger partial charge in [-0.15, -0.1) is 0 Å². The Morgan fingerprint density at radius 1 is 1.28 bits per heavy atom. The number of aromatic nitrogens is 2. The molecule has 7 heteroatoms. The summed E-state index contributed by atoms with van der Waals surface area (Å²) in [7, 11) is 0. The number of rotatable bonds is 8. The highest BCUT2D eigenvalue weighted by Crippen LogP contribution is 2.18. The Morgan fingerprint density at radius 2 is 1.96 bits per heavy atom. The standard InChI is InChI=1S/C18H24N4O2S/c1-3-21(4-2)12-8-11-19-13-15-16(23)20-18(25)22(17(15)24)14-9-6-5-7-10-14/h5-7,9-10,13,24H,3-4,8,11-12H2,1-2H3,(H,20,23,25). The van der Waals surface area contributed by atoms with Gasteiger partial charge in [-0.1, -0.05) is 32.0 Å². The maximum absolute atomic E-state index is 12.1. The summed E-state index contributed by atoms with van der Waals surface area (Å²) in [6, 6.07) is 9.15. The molecule has 0 saturated carbocycles. The van der Waals surface area contributed by atoms with E-state index < -0.39 is 5.56 Å². The van der Waals surface area contributed by atoms with Gasteiger partial charge in [-0.05, 0) is 50.4 Å². The zero-order valence-corrected chi connectivity index (χ0v) is 15.4. The summed E-state index contributed by atoms with van der Waals surface area (Å²) in [6.07, 6.45) is 2.32. The predicted molar refractivity (Wildman–Crippen MR) is 104 cm³/mol. The fourth-order valence-corrected chi connectivity index (χ4v) is 2.84. The molecule has 0 amide bonds. The number of nitrogens with zero attached hydrogens (tertiary/aromatic N) is 3. The highest BCUT2D eigenvalue weighted by Gasteiger charge is 2.12. The molecule has 0 radical (unpaired) electrons. The lowest BCUT2D eigenvalue weighted by molar-refractivity contribution is 0.302. The second kappa shape index (κ2) is 9.29. The van der Waals surface area contributed by atoms with Gasteiger partial charge in [-0.3, -0.25) is 19.3 Å². The fraction of sp³-hybridized carbons (Fsp3) is 0.389. The minimum atomic E-state index is -0.442. The molecule has 0 aliphatic heterocycles. The number of H-pyrrole nitrogens is 1. The zero-order chi connectivity index (χ0) is 18.2. The van der Waals surface area contributed by atoms with Crippen LogP contribution >= 0.6 is 12.2 Å². The Kier molecular flexibility index (Phi) is 7.09. The molecule has 0 spiro atoms. The van der Waals surface area contributed by atoms with Crippen LogP contribution in [0.4, 0.5) is 0 Å². The molecular weight excluding hydrogens is 336 g/mol. The molecule has 0 aliphatic rings. The zero-order valence-electron chi connectivity index (χ0n) is 14.6. The van der Waals surface area contributed by atoms with Gasteiger partial charge in [0.05, 0.1) is 5.69 Å². The van der Waals surface area contributed by atoms with Crippen molar-refractivity contribution >= 4 is 18.4 Å². The number of aromatic amines is 1. The number of aliphatic imine (C=N–C) groups is 1. The lowest BCUT2D eigenvalue weighted by atomic mass is 10.3. The summed E-state index contributed by atoms with van der Waals surface area (Å²) in [4.78, 5) is 21.3. The molecule has 0 unspecified atom stereocenters. The normalized spacial score (nSPS) is 11.5. The highest BCUT2D eigenvalue weighted by molar-refractivity contribution is 7.71. The lowest BCUT2D eigenvalue weighted by Gasteiger charge is -2.16.